The van der Waals surface area contributed by atoms with Crippen LogP contribution in [0.2, 0.25) is 5.02 Å². The maximum absolute atomic E-state index is 12.2. The summed E-state index contributed by atoms with van der Waals surface area (Å²) in [6.45, 7) is 4.43. The summed E-state index contributed by atoms with van der Waals surface area (Å²) < 4.78 is 6.40. The first-order chi connectivity index (χ1) is 11.0. The van der Waals surface area contributed by atoms with Crippen molar-refractivity contribution in [2.45, 2.75) is 13.8 Å². The molecule has 0 unspecified atom stereocenters. The summed E-state index contributed by atoms with van der Waals surface area (Å²) in [7, 11) is 0. The van der Waals surface area contributed by atoms with Crippen LogP contribution in [0.3, 0.4) is 0 Å². The normalized spacial score (nSPS) is 16.7. The number of hydrogen-bond acceptors (Lipinski definition) is 4. The van der Waals surface area contributed by atoms with Gasteiger partial charge in [-0.3, -0.25) is 9.69 Å². The van der Waals surface area contributed by atoms with Crippen molar-refractivity contribution in [1.82, 2.24) is 4.90 Å². The van der Waals surface area contributed by atoms with Crippen LogP contribution in [0.1, 0.15) is 18.2 Å². The molecular formula is C17H14ClNO2S2. The number of rotatable bonds is 3. The Morgan fingerprint density at radius 2 is 2.13 bits per heavy atom. The van der Waals surface area contributed by atoms with Gasteiger partial charge in [0.25, 0.3) is 5.91 Å². The maximum atomic E-state index is 12.2. The lowest BCUT2D eigenvalue weighted by atomic mass is 10.1. The molecule has 2 aromatic rings. The minimum absolute atomic E-state index is 0.0705. The van der Waals surface area contributed by atoms with Crippen molar-refractivity contribution in [2.24, 2.45) is 0 Å². The van der Waals surface area contributed by atoms with Crippen LogP contribution in [0.5, 0.6) is 0 Å². The van der Waals surface area contributed by atoms with Crippen LogP contribution < -0.4 is 0 Å². The molecule has 1 aliphatic heterocycles. The predicted molar refractivity (Wildman–Crippen MR) is 99.4 cm³/mol. The predicted octanol–water partition coefficient (Wildman–Crippen LogP) is 5.13. The number of benzene rings is 1. The summed E-state index contributed by atoms with van der Waals surface area (Å²) in [6.07, 6.45) is 1.73. The third-order valence-corrected chi connectivity index (χ3v) is 5.33. The number of likely N-dealkylation sites (N-methyl/N-ethyl adjacent to an activating group) is 1. The largest absolute Gasteiger partial charge is 0.457 e. The van der Waals surface area contributed by atoms with Crippen LogP contribution in [0.15, 0.2) is 39.7 Å². The number of aryl methyl sites for hydroxylation is 1. The molecule has 0 bridgehead atoms. The number of halogens is 1. The van der Waals surface area contributed by atoms with Crippen molar-refractivity contribution in [3.8, 4) is 11.3 Å². The van der Waals surface area contributed by atoms with Gasteiger partial charge in [0.05, 0.1) is 4.91 Å². The van der Waals surface area contributed by atoms with E-state index in [9.17, 15) is 4.79 Å². The van der Waals surface area contributed by atoms with Crippen molar-refractivity contribution in [3.05, 3.63) is 51.6 Å². The molecule has 1 aromatic heterocycles. The van der Waals surface area contributed by atoms with Crippen molar-refractivity contribution in [3.63, 3.8) is 0 Å². The molecule has 0 N–H and O–H groups in total. The molecule has 0 aliphatic carbocycles. The summed E-state index contributed by atoms with van der Waals surface area (Å²) in [5.41, 5.74) is 1.92. The fraction of sp³-hybridized carbons (Fsp3) is 0.176. The second kappa shape index (κ2) is 6.51. The van der Waals surface area contributed by atoms with E-state index in [0.717, 1.165) is 11.1 Å². The molecule has 118 valence electrons. The van der Waals surface area contributed by atoms with Crippen LogP contribution in [0.25, 0.3) is 17.4 Å². The molecule has 1 aliphatic rings. The first kappa shape index (κ1) is 16.3. The number of carbonyl (C=O) groups is 1. The van der Waals surface area contributed by atoms with Gasteiger partial charge in [-0.25, -0.2) is 0 Å². The first-order valence-electron chi connectivity index (χ1n) is 7.11. The maximum Gasteiger partial charge on any atom is 0.266 e. The van der Waals surface area contributed by atoms with Crippen LogP contribution in [0.4, 0.5) is 0 Å². The summed E-state index contributed by atoms with van der Waals surface area (Å²) in [6, 6.07) is 9.48. The smallest absolute Gasteiger partial charge is 0.266 e. The van der Waals surface area contributed by atoms with E-state index in [0.29, 0.717) is 32.3 Å². The molecule has 3 nitrogen and oxygen atoms in total. The second-order valence-electron chi connectivity index (χ2n) is 5.09. The first-order valence-corrected chi connectivity index (χ1v) is 8.71. The van der Waals surface area contributed by atoms with Crippen LogP contribution in [-0.2, 0) is 4.79 Å². The Morgan fingerprint density at radius 3 is 2.78 bits per heavy atom. The van der Waals surface area contributed by atoms with E-state index in [4.69, 9.17) is 28.2 Å². The monoisotopic (exact) mass is 363 g/mol. The van der Waals surface area contributed by atoms with Crippen molar-refractivity contribution >= 4 is 51.9 Å². The van der Waals surface area contributed by atoms with Gasteiger partial charge in [0.1, 0.15) is 15.8 Å². The van der Waals surface area contributed by atoms with Crippen molar-refractivity contribution in [1.29, 1.82) is 0 Å². The van der Waals surface area contributed by atoms with Gasteiger partial charge in [-0.05, 0) is 37.6 Å². The van der Waals surface area contributed by atoms with Gasteiger partial charge in [0.15, 0.2) is 0 Å². The molecule has 0 atom stereocenters. The van der Waals surface area contributed by atoms with Gasteiger partial charge >= 0.3 is 0 Å². The zero-order valence-corrected chi connectivity index (χ0v) is 15.0. The van der Waals surface area contributed by atoms with E-state index in [-0.39, 0.29) is 5.91 Å². The number of hydrogen-bond donors (Lipinski definition) is 0. The lowest BCUT2D eigenvalue weighted by molar-refractivity contribution is -0.121. The highest BCUT2D eigenvalue weighted by molar-refractivity contribution is 8.26. The Labute approximate surface area is 149 Å². The summed E-state index contributed by atoms with van der Waals surface area (Å²) in [5.74, 6) is 1.26. The van der Waals surface area contributed by atoms with Gasteiger partial charge in [0, 0.05) is 23.2 Å². The van der Waals surface area contributed by atoms with E-state index in [2.05, 4.69) is 0 Å². The minimum atomic E-state index is -0.0705. The lowest BCUT2D eigenvalue weighted by Crippen LogP contribution is -2.27. The van der Waals surface area contributed by atoms with Crippen molar-refractivity contribution in [2.75, 3.05) is 6.54 Å². The number of carbonyl (C=O) groups excluding carboxylic acids is 1. The minimum Gasteiger partial charge on any atom is -0.457 e. The molecular weight excluding hydrogens is 350 g/mol. The van der Waals surface area contributed by atoms with Crippen molar-refractivity contribution < 1.29 is 9.21 Å². The highest BCUT2D eigenvalue weighted by Gasteiger charge is 2.30. The van der Waals surface area contributed by atoms with Gasteiger partial charge in [-0.1, -0.05) is 47.7 Å². The average molecular weight is 364 g/mol. The molecule has 1 aromatic carbocycles. The average Bonchev–Trinajstić information content (AvgIpc) is 3.08. The highest BCUT2D eigenvalue weighted by atomic mass is 35.5. The molecule has 23 heavy (non-hydrogen) atoms. The molecule has 3 rings (SSSR count). The fourth-order valence-corrected chi connectivity index (χ4v) is 3.78. The topological polar surface area (TPSA) is 33.5 Å². The Morgan fingerprint density at radius 1 is 1.35 bits per heavy atom. The van der Waals surface area contributed by atoms with Gasteiger partial charge in [-0.2, -0.15) is 0 Å². The zero-order valence-electron chi connectivity index (χ0n) is 12.6. The van der Waals surface area contributed by atoms with Gasteiger partial charge < -0.3 is 4.42 Å². The third kappa shape index (κ3) is 3.22. The number of furan rings is 1. The Balaban J connectivity index is 1.88. The van der Waals surface area contributed by atoms with E-state index in [1.54, 1.807) is 11.0 Å². The number of amides is 1. The molecule has 1 saturated heterocycles. The third-order valence-electron chi connectivity index (χ3n) is 3.55. The standard InChI is InChI=1S/C17H14ClNO2S2/c1-3-19-16(20)15(23-17(19)22)9-12-6-7-14(21-12)11-5-4-10(2)13(18)8-11/h4-9H,3H2,1-2H3/b15-9-. The van der Waals surface area contributed by atoms with Gasteiger partial charge in [0.2, 0.25) is 0 Å². The highest BCUT2D eigenvalue weighted by Crippen LogP contribution is 2.33. The molecule has 0 saturated carbocycles. The van der Waals surface area contributed by atoms with E-state index in [1.807, 2.05) is 44.2 Å². The molecule has 6 heteroatoms. The summed E-state index contributed by atoms with van der Waals surface area (Å²) in [4.78, 5) is 14.4. The Hall–Kier alpha value is -1.56. The zero-order chi connectivity index (χ0) is 16.6. The van der Waals surface area contributed by atoms with E-state index in [1.165, 1.54) is 11.8 Å². The molecule has 1 fully saturated rings. The quantitative estimate of drug-likeness (QED) is 0.559. The van der Waals surface area contributed by atoms with Crippen LogP contribution in [0, 0.1) is 6.92 Å². The number of nitrogens with zero attached hydrogens (tertiary/aromatic N) is 1. The Bertz CT molecular complexity index is 826. The van der Waals surface area contributed by atoms with Crippen LogP contribution >= 0.6 is 35.6 Å². The second-order valence-corrected chi connectivity index (χ2v) is 7.17. The lowest BCUT2D eigenvalue weighted by Gasteiger charge is -2.09. The molecule has 0 spiro atoms. The summed E-state index contributed by atoms with van der Waals surface area (Å²) in [5, 5.41) is 0.698. The van der Waals surface area contributed by atoms with E-state index < -0.39 is 0 Å². The SMILES string of the molecule is CCN1C(=O)/C(=C/c2ccc(-c3ccc(C)c(Cl)c3)o2)SC1=S. The van der Waals surface area contributed by atoms with E-state index >= 15 is 0 Å². The number of thiocarbonyl (C=S) groups is 1. The molecule has 2 heterocycles. The fourth-order valence-electron chi connectivity index (χ4n) is 2.23. The van der Waals surface area contributed by atoms with Crippen LogP contribution in [-0.4, -0.2) is 21.7 Å². The molecule has 1 amide bonds. The number of thioether (sulfide) groups is 1. The summed E-state index contributed by atoms with van der Waals surface area (Å²) >= 11 is 12.7. The van der Waals surface area contributed by atoms with Gasteiger partial charge in [-0.15, -0.1) is 0 Å². The molecule has 0 radical (unpaired) electrons. The Kier molecular flexibility index (Phi) is 4.62.